The Morgan fingerprint density at radius 1 is 0.938 bits per heavy atom. The maximum Gasteiger partial charge on any atom is 0.344 e. The van der Waals surface area contributed by atoms with Crippen LogP contribution < -0.4 is 10.1 Å². The number of nitrogens with one attached hydrogen (secondary N) is 1. The third-order valence-corrected chi connectivity index (χ3v) is 7.46. The van der Waals surface area contributed by atoms with Crippen LogP contribution in [0.3, 0.4) is 0 Å². The summed E-state index contributed by atoms with van der Waals surface area (Å²) >= 11 is 17.6. The molecule has 3 rings (SSSR count). The van der Waals surface area contributed by atoms with Gasteiger partial charge in [-0.3, -0.25) is 4.79 Å². The first-order chi connectivity index (χ1) is 15.2. The van der Waals surface area contributed by atoms with Gasteiger partial charge in [-0.1, -0.05) is 34.8 Å². The van der Waals surface area contributed by atoms with Gasteiger partial charge in [0.2, 0.25) is 10.0 Å². The maximum atomic E-state index is 12.5. The molecule has 0 atom stereocenters. The number of ether oxygens (including phenoxy) is 2. The molecule has 1 N–H and O–H groups in total. The fraction of sp³-hybridized carbons (Fsp3) is 0.300. The summed E-state index contributed by atoms with van der Waals surface area (Å²) in [5.41, 5.74) is 0.366. The van der Waals surface area contributed by atoms with Crippen molar-refractivity contribution in [2.75, 3.05) is 31.6 Å². The van der Waals surface area contributed by atoms with Crippen LogP contribution in [-0.2, 0) is 24.3 Å². The van der Waals surface area contributed by atoms with E-state index in [9.17, 15) is 18.0 Å². The number of sulfonamides is 1. The highest BCUT2D eigenvalue weighted by atomic mass is 35.5. The molecule has 0 bridgehead atoms. The molecule has 0 aromatic heterocycles. The third kappa shape index (κ3) is 6.26. The lowest BCUT2D eigenvalue weighted by molar-refractivity contribution is -0.149. The maximum absolute atomic E-state index is 12.5. The highest BCUT2D eigenvalue weighted by Gasteiger charge is 2.27. The zero-order valence-electron chi connectivity index (χ0n) is 16.6. The molecule has 12 heteroatoms. The van der Waals surface area contributed by atoms with Crippen molar-refractivity contribution in [1.82, 2.24) is 4.31 Å². The second-order valence-corrected chi connectivity index (χ2v) is 9.99. The van der Waals surface area contributed by atoms with Crippen molar-refractivity contribution < 1.29 is 27.5 Å². The minimum Gasteiger partial charge on any atom is -0.480 e. The fourth-order valence-electron chi connectivity index (χ4n) is 2.92. The Hall–Kier alpha value is -2.04. The molecular formula is C20H19Cl3N2O6S. The van der Waals surface area contributed by atoms with Gasteiger partial charge in [0.05, 0.1) is 20.0 Å². The Bertz CT molecular complexity index is 1100. The van der Waals surface area contributed by atoms with Crippen molar-refractivity contribution in [2.24, 2.45) is 0 Å². The number of esters is 1. The number of carbonyl (C=O) groups excluding carboxylic acids is 2. The van der Waals surface area contributed by atoms with Crippen molar-refractivity contribution in [2.45, 2.75) is 17.7 Å². The van der Waals surface area contributed by atoms with E-state index in [-0.39, 0.29) is 25.7 Å². The average Bonchev–Trinajstić information content (AvgIpc) is 3.30. The summed E-state index contributed by atoms with van der Waals surface area (Å²) in [6.45, 7) is -0.0283. The quantitative estimate of drug-likeness (QED) is 0.416. The standard InChI is InChI=1S/C20H19Cl3N2O6S/c21-15-9-17(23)18(10-16(15)22)30-12-20(27)31-11-19(26)24-13-3-5-14(6-4-13)32(28,29)25-7-1-2-8-25/h3-6,9-10H,1-2,7-8,11-12H2,(H,24,26). The molecule has 0 saturated carbocycles. The zero-order valence-corrected chi connectivity index (χ0v) is 19.7. The fourth-order valence-corrected chi connectivity index (χ4v) is 5.03. The molecule has 2 aromatic rings. The van der Waals surface area contributed by atoms with Gasteiger partial charge >= 0.3 is 5.97 Å². The van der Waals surface area contributed by atoms with Crippen molar-refractivity contribution in [1.29, 1.82) is 0 Å². The van der Waals surface area contributed by atoms with Crippen LogP contribution in [0.1, 0.15) is 12.8 Å². The van der Waals surface area contributed by atoms with E-state index in [1.807, 2.05) is 0 Å². The second kappa shape index (κ2) is 10.7. The van der Waals surface area contributed by atoms with Crippen molar-refractivity contribution in [3.63, 3.8) is 0 Å². The molecule has 1 fully saturated rings. The molecule has 1 aliphatic heterocycles. The summed E-state index contributed by atoms with van der Waals surface area (Å²) < 4.78 is 36.5. The molecular weight excluding hydrogens is 503 g/mol. The van der Waals surface area contributed by atoms with Crippen molar-refractivity contribution >= 4 is 62.4 Å². The molecule has 1 saturated heterocycles. The van der Waals surface area contributed by atoms with E-state index in [1.165, 1.54) is 40.7 Å². The first-order valence-corrected chi connectivity index (χ1v) is 12.1. The number of carbonyl (C=O) groups is 2. The van der Waals surface area contributed by atoms with Gasteiger partial charge in [-0.2, -0.15) is 4.31 Å². The predicted octanol–water partition coefficient (Wildman–Crippen LogP) is 3.99. The number of hydrogen-bond acceptors (Lipinski definition) is 6. The molecule has 0 aliphatic carbocycles. The summed E-state index contributed by atoms with van der Waals surface area (Å²) in [6, 6.07) is 8.52. The van der Waals surface area contributed by atoms with Crippen LogP contribution in [0, 0.1) is 0 Å². The Balaban J connectivity index is 1.46. The molecule has 1 aliphatic rings. The minimum atomic E-state index is -3.53. The lowest BCUT2D eigenvalue weighted by Crippen LogP contribution is -2.27. The molecule has 172 valence electrons. The lowest BCUT2D eigenvalue weighted by atomic mass is 10.3. The zero-order chi connectivity index (χ0) is 23.3. The Kier molecular flexibility index (Phi) is 8.24. The normalized spacial score (nSPS) is 14.2. The number of halogens is 3. The highest BCUT2D eigenvalue weighted by molar-refractivity contribution is 7.89. The Labute approximate surface area is 200 Å². The van der Waals surface area contributed by atoms with E-state index in [0.29, 0.717) is 18.8 Å². The number of hydrogen-bond donors (Lipinski definition) is 1. The largest absolute Gasteiger partial charge is 0.480 e. The topological polar surface area (TPSA) is 102 Å². The Morgan fingerprint density at radius 2 is 1.56 bits per heavy atom. The van der Waals surface area contributed by atoms with Crippen LogP contribution in [0.4, 0.5) is 5.69 Å². The van der Waals surface area contributed by atoms with Crippen molar-refractivity contribution in [3.8, 4) is 5.75 Å². The van der Waals surface area contributed by atoms with Crippen LogP contribution in [-0.4, -0.2) is 50.9 Å². The van der Waals surface area contributed by atoms with Crippen LogP contribution in [0.15, 0.2) is 41.3 Å². The van der Waals surface area contributed by atoms with Gasteiger partial charge in [-0.25, -0.2) is 13.2 Å². The van der Waals surface area contributed by atoms with E-state index in [4.69, 9.17) is 44.3 Å². The van der Waals surface area contributed by atoms with E-state index in [0.717, 1.165) is 12.8 Å². The van der Waals surface area contributed by atoms with E-state index in [1.54, 1.807) is 0 Å². The van der Waals surface area contributed by atoms with Gasteiger partial charge in [0.15, 0.2) is 13.2 Å². The van der Waals surface area contributed by atoms with Gasteiger partial charge in [-0.05, 0) is 43.2 Å². The van der Waals surface area contributed by atoms with E-state index in [2.05, 4.69) is 5.32 Å². The number of benzene rings is 2. The molecule has 32 heavy (non-hydrogen) atoms. The number of nitrogens with zero attached hydrogens (tertiary/aromatic N) is 1. The average molecular weight is 522 g/mol. The minimum absolute atomic E-state index is 0.145. The summed E-state index contributed by atoms with van der Waals surface area (Å²) in [7, 11) is -3.53. The number of rotatable bonds is 8. The SMILES string of the molecule is O=C(COC(=O)COc1cc(Cl)c(Cl)cc1Cl)Nc1ccc(S(=O)(=O)N2CCCC2)cc1. The van der Waals surface area contributed by atoms with Gasteiger partial charge in [-0.15, -0.1) is 0 Å². The first kappa shape index (κ1) is 24.6. The van der Waals surface area contributed by atoms with Crippen LogP contribution in [0.25, 0.3) is 0 Å². The lowest BCUT2D eigenvalue weighted by Gasteiger charge is -2.15. The van der Waals surface area contributed by atoms with Crippen LogP contribution in [0.2, 0.25) is 15.1 Å². The molecule has 8 nitrogen and oxygen atoms in total. The molecule has 0 spiro atoms. The van der Waals surface area contributed by atoms with E-state index >= 15 is 0 Å². The molecule has 1 heterocycles. The first-order valence-electron chi connectivity index (χ1n) is 9.50. The van der Waals surface area contributed by atoms with Gasteiger partial charge in [0.1, 0.15) is 5.75 Å². The molecule has 1 amide bonds. The van der Waals surface area contributed by atoms with Gasteiger partial charge < -0.3 is 14.8 Å². The summed E-state index contributed by atoms with van der Waals surface area (Å²) in [6.07, 6.45) is 1.69. The smallest absolute Gasteiger partial charge is 0.344 e. The Morgan fingerprint density at radius 3 is 2.22 bits per heavy atom. The van der Waals surface area contributed by atoms with Gasteiger partial charge in [0, 0.05) is 24.8 Å². The van der Waals surface area contributed by atoms with E-state index < -0.39 is 35.1 Å². The second-order valence-electron chi connectivity index (χ2n) is 6.83. The monoisotopic (exact) mass is 520 g/mol. The molecule has 0 radical (unpaired) electrons. The van der Waals surface area contributed by atoms with Gasteiger partial charge in [0.25, 0.3) is 5.91 Å². The molecule has 2 aromatic carbocycles. The predicted molar refractivity (Wildman–Crippen MR) is 121 cm³/mol. The summed E-state index contributed by atoms with van der Waals surface area (Å²) in [5, 5.41) is 3.14. The molecule has 0 unspecified atom stereocenters. The number of amides is 1. The summed E-state index contributed by atoms with van der Waals surface area (Å²) in [5.74, 6) is -1.25. The summed E-state index contributed by atoms with van der Waals surface area (Å²) in [4.78, 5) is 24.0. The third-order valence-electron chi connectivity index (χ3n) is 4.53. The van der Waals surface area contributed by atoms with Crippen LogP contribution >= 0.6 is 34.8 Å². The van der Waals surface area contributed by atoms with Crippen LogP contribution in [0.5, 0.6) is 5.75 Å². The van der Waals surface area contributed by atoms with Crippen molar-refractivity contribution in [3.05, 3.63) is 51.5 Å². The number of anilines is 1. The highest BCUT2D eigenvalue weighted by Crippen LogP contribution is 2.33.